The SMILES string of the molecule is [CH2][CH]CSC[C@H](N)C(=O)N[C@@H](CO)C(=O)Nc1ccc(Cn2c(O)nc3c(N)nc(NCCCC)nc32)cc1. The lowest BCUT2D eigenvalue weighted by Crippen LogP contribution is -2.52. The number of thioether (sulfide) groups is 1. The molecule has 0 fully saturated rings. The van der Waals surface area contributed by atoms with Gasteiger partial charge in [0.25, 0.3) is 6.01 Å². The third kappa shape index (κ3) is 8.18. The van der Waals surface area contributed by atoms with Gasteiger partial charge in [-0.2, -0.15) is 26.7 Å². The summed E-state index contributed by atoms with van der Waals surface area (Å²) in [4.78, 5) is 37.7. The van der Waals surface area contributed by atoms with E-state index in [4.69, 9.17) is 11.5 Å². The van der Waals surface area contributed by atoms with Gasteiger partial charge >= 0.3 is 0 Å². The van der Waals surface area contributed by atoms with E-state index < -0.39 is 30.5 Å². The van der Waals surface area contributed by atoms with Crippen molar-refractivity contribution >= 4 is 52.2 Å². The largest absolute Gasteiger partial charge is 0.480 e. The van der Waals surface area contributed by atoms with E-state index in [2.05, 4.69) is 44.7 Å². The number of aromatic hydroxyl groups is 1. The number of aliphatic hydroxyl groups is 1. The average molecular weight is 558 g/mol. The fourth-order valence-corrected chi connectivity index (χ4v) is 4.25. The Hall–Kier alpha value is -3.62. The van der Waals surface area contributed by atoms with Gasteiger partial charge in [0.1, 0.15) is 6.04 Å². The summed E-state index contributed by atoms with van der Waals surface area (Å²) in [6.07, 6.45) is 3.67. The predicted molar refractivity (Wildman–Crippen MR) is 153 cm³/mol. The van der Waals surface area contributed by atoms with Crippen LogP contribution in [0.2, 0.25) is 0 Å². The van der Waals surface area contributed by atoms with Crippen LogP contribution in [0.5, 0.6) is 6.01 Å². The molecule has 2 atom stereocenters. The lowest BCUT2D eigenvalue weighted by Gasteiger charge is -2.19. The van der Waals surface area contributed by atoms with Crippen molar-refractivity contribution in [2.45, 2.75) is 38.4 Å². The lowest BCUT2D eigenvalue weighted by molar-refractivity contribution is -0.127. The first-order valence-electron chi connectivity index (χ1n) is 12.5. The number of carbonyl (C=O) groups excluding carboxylic acids is 2. The number of aromatic nitrogens is 4. The molecule has 1 aromatic carbocycles. The van der Waals surface area contributed by atoms with Crippen LogP contribution in [0.25, 0.3) is 11.2 Å². The topological polar surface area (TPSA) is 206 Å². The number of hydrogen-bond donors (Lipinski definition) is 7. The second-order valence-electron chi connectivity index (χ2n) is 8.75. The van der Waals surface area contributed by atoms with Crippen molar-refractivity contribution in [3.8, 4) is 6.01 Å². The standard InChI is InChI=1S/C25H35N9O4S/c1-3-5-10-28-24-32-20(27)19-21(33-24)34(25(38)31-19)12-15-6-8-16(9-7-15)29-23(37)18(13-35)30-22(36)17(26)14-39-11-4-2/h4,6-9,17-18,35H,2-3,5,10-14,26H2,1H3,(H,29,37)(H,30,36)(H,31,38)(H3,27,28,32,33)/t17-,18-/m0/s1. The summed E-state index contributed by atoms with van der Waals surface area (Å²) in [6, 6.07) is 4.60. The minimum Gasteiger partial charge on any atom is -0.480 e. The Bertz CT molecular complexity index is 1250. The Balaban J connectivity index is 1.65. The molecule has 0 saturated carbocycles. The van der Waals surface area contributed by atoms with Gasteiger partial charge in [-0.25, -0.2) is 0 Å². The van der Waals surface area contributed by atoms with Crippen LogP contribution >= 0.6 is 11.8 Å². The van der Waals surface area contributed by atoms with E-state index in [1.165, 1.54) is 16.3 Å². The second kappa shape index (κ2) is 14.5. The zero-order valence-electron chi connectivity index (χ0n) is 21.8. The Morgan fingerprint density at radius 3 is 2.62 bits per heavy atom. The molecule has 9 N–H and O–H groups in total. The highest BCUT2D eigenvalue weighted by Crippen LogP contribution is 2.25. The van der Waals surface area contributed by atoms with Gasteiger partial charge in [0.15, 0.2) is 17.0 Å². The number of fused-ring (bicyclic) bond motifs is 1. The zero-order valence-corrected chi connectivity index (χ0v) is 22.6. The molecule has 13 nitrogen and oxygen atoms in total. The maximum absolute atomic E-state index is 12.6. The van der Waals surface area contributed by atoms with Crippen molar-refractivity contribution in [1.82, 2.24) is 24.8 Å². The van der Waals surface area contributed by atoms with E-state index in [0.717, 1.165) is 18.4 Å². The van der Waals surface area contributed by atoms with Gasteiger partial charge in [-0.15, -0.1) is 0 Å². The van der Waals surface area contributed by atoms with E-state index in [1.807, 2.05) is 0 Å². The third-order valence-corrected chi connectivity index (χ3v) is 6.73. The first-order chi connectivity index (χ1) is 18.8. The van der Waals surface area contributed by atoms with Gasteiger partial charge < -0.3 is 37.6 Å². The Morgan fingerprint density at radius 1 is 1.21 bits per heavy atom. The van der Waals surface area contributed by atoms with Crippen molar-refractivity contribution in [3.05, 3.63) is 43.2 Å². The van der Waals surface area contributed by atoms with E-state index >= 15 is 0 Å². The molecule has 2 radical (unpaired) electrons. The number of nitrogens with two attached hydrogens (primary N) is 2. The minimum atomic E-state index is -1.16. The summed E-state index contributed by atoms with van der Waals surface area (Å²) in [5, 5.41) is 28.3. The van der Waals surface area contributed by atoms with Crippen molar-refractivity contribution < 1.29 is 19.8 Å². The molecule has 0 spiro atoms. The Kier molecular flexibility index (Phi) is 11.1. The van der Waals surface area contributed by atoms with Crippen LogP contribution in [0.4, 0.5) is 17.5 Å². The van der Waals surface area contributed by atoms with Crippen LogP contribution in [0, 0.1) is 13.3 Å². The minimum absolute atomic E-state index is 0.160. The molecule has 0 bridgehead atoms. The molecule has 39 heavy (non-hydrogen) atoms. The summed E-state index contributed by atoms with van der Waals surface area (Å²) in [5.41, 5.74) is 13.8. The number of anilines is 3. The summed E-state index contributed by atoms with van der Waals surface area (Å²) >= 11 is 1.44. The molecule has 2 heterocycles. The third-order valence-electron chi connectivity index (χ3n) is 5.66. The van der Waals surface area contributed by atoms with E-state index in [0.29, 0.717) is 40.9 Å². The first kappa shape index (κ1) is 29.9. The number of nitrogens with one attached hydrogen (secondary N) is 3. The summed E-state index contributed by atoms with van der Waals surface area (Å²) in [6.45, 7) is 6.03. The number of nitrogens with zero attached hydrogens (tertiary/aromatic N) is 4. The number of imidazole rings is 1. The Morgan fingerprint density at radius 2 is 1.95 bits per heavy atom. The zero-order chi connectivity index (χ0) is 28.4. The number of unbranched alkanes of at least 4 members (excludes halogenated alkanes) is 1. The second-order valence-corrected chi connectivity index (χ2v) is 9.82. The summed E-state index contributed by atoms with van der Waals surface area (Å²) < 4.78 is 1.51. The molecule has 3 aromatic rings. The smallest absolute Gasteiger partial charge is 0.296 e. The normalized spacial score (nSPS) is 12.7. The summed E-state index contributed by atoms with van der Waals surface area (Å²) in [7, 11) is 0. The highest BCUT2D eigenvalue weighted by molar-refractivity contribution is 7.99. The number of amides is 2. The van der Waals surface area contributed by atoms with Crippen molar-refractivity contribution in [2.24, 2.45) is 5.73 Å². The number of benzene rings is 1. The first-order valence-corrected chi connectivity index (χ1v) is 13.6. The summed E-state index contributed by atoms with van der Waals surface area (Å²) in [5.74, 6) is 0.407. The van der Waals surface area contributed by atoms with Crippen molar-refractivity contribution in [2.75, 3.05) is 41.0 Å². The number of carbonyl (C=O) groups is 2. The van der Waals surface area contributed by atoms with Crippen LogP contribution in [-0.2, 0) is 16.1 Å². The molecule has 210 valence electrons. The van der Waals surface area contributed by atoms with Gasteiger partial charge in [0.05, 0.1) is 19.2 Å². The van der Waals surface area contributed by atoms with Gasteiger partial charge in [0.2, 0.25) is 17.8 Å². The van der Waals surface area contributed by atoms with Gasteiger partial charge in [0, 0.05) is 18.0 Å². The van der Waals surface area contributed by atoms with Gasteiger partial charge in [-0.3, -0.25) is 14.2 Å². The monoisotopic (exact) mass is 557 g/mol. The van der Waals surface area contributed by atoms with Gasteiger partial charge in [-0.1, -0.05) is 25.5 Å². The van der Waals surface area contributed by atoms with Gasteiger partial charge in [-0.05, 0) is 43.2 Å². The van der Waals surface area contributed by atoms with Crippen LogP contribution in [0.1, 0.15) is 25.3 Å². The molecule has 0 aliphatic heterocycles. The fraction of sp³-hybridized carbons (Fsp3) is 0.400. The molecule has 3 rings (SSSR count). The van der Waals surface area contributed by atoms with E-state index in [-0.39, 0.29) is 18.4 Å². The molecule has 2 aromatic heterocycles. The van der Waals surface area contributed by atoms with Crippen LogP contribution in [0.3, 0.4) is 0 Å². The molecular weight excluding hydrogens is 522 g/mol. The van der Waals surface area contributed by atoms with Crippen LogP contribution in [-0.4, -0.2) is 78.3 Å². The maximum atomic E-state index is 12.6. The molecule has 0 unspecified atom stereocenters. The van der Waals surface area contributed by atoms with Crippen molar-refractivity contribution in [1.29, 1.82) is 0 Å². The number of aliphatic hydroxyl groups excluding tert-OH is 1. The average Bonchev–Trinajstić information content (AvgIpc) is 3.23. The quantitative estimate of drug-likeness (QED) is 0.131. The Labute approximate surface area is 231 Å². The molecule has 14 heteroatoms. The predicted octanol–water partition coefficient (Wildman–Crippen LogP) is 0.889. The van der Waals surface area contributed by atoms with E-state index in [1.54, 1.807) is 30.7 Å². The highest BCUT2D eigenvalue weighted by atomic mass is 32.2. The molecule has 0 aliphatic carbocycles. The number of rotatable bonds is 15. The number of nitrogen functional groups attached to an aromatic ring is 1. The molecular formula is C25H35N9O4S. The van der Waals surface area contributed by atoms with Crippen LogP contribution in [0.15, 0.2) is 24.3 Å². The van der Waals surface area contributed by atoms with Crippen LogP contribution < -0.4 is 27.4 Å². The lowest BCUT2D eigenvalue weighted by atomic mass is 10.2. The van der Waals surface area contributed by atoms with E-state index in [9.17, 15) is 19.8 Å². The molecule has 0 saturated heterocycles. The van der Waals surface area contributed by atoms with Crippen molar-refractivity contribution in [3.63, 3.8) is 0 Å². The highest BCUT2D eigenvalue weighted by Gasteiger charge is 2.23. The molecule has 0 aliphatic rings. The number of hydrogen-bond acceptors (Lipinski definition) is 11. The maximum Gasteiger partial charge on any atom is 0.296 e. The fourth-order valence-electron chi connectivity index (χ4n) is 3.54. The molecule has 2 amide bonds.